The summed E-state index contributed by atoms with van der Waals surface area (Å²) in [4.78, 5) is 11.9. The third-order valence-electron chi connectivity index (χ3n) is 3.63. The van der Waals surface area contributed by atoms with E-state index >= 15 is 0 Å². The minimum Gasteiger partial charge on any atom is -0.384 e. The molecule has 1 heterocycles. The Kier molecular flexibility index (Phi) is 4.02. The number of nitrogens with one attached hydrogen (secondary N) is 1. The number of aliphatic hydroxyl groups is 1. The number of fused-ring (bicyclic) bond motifs is 1. The molecule has 0 aromatic heterocycles. The van der Waals surface area contributed by atoms with Crippen LogP contribution < -0.4 is 5.32 Å². The molecule has 1 aliphatic rings. The molecule has 0 aliphatic carbocycles. The highest BCUT2D eigenvalue weighted by atomic mass is 79.9. The molecule has 1 amide bonds. The summed E-state index contributed by atoms with van der Waals surface area (Å²) in [6, 6.07) is 10.8. The van der Waals surface area contributed by atoms with Crippen LogP contribution in [0.4, 0.5) is 0 Å². The Balaban J connectivity index is 2.00. The van der Waals surface area contributed by atoms with E-state index in [9.17, 15) is 9.90 Å². The third-order valence-corrected chi connectivity index (χ3v) is 4.45. The maximum atomic E-state index is 11.9. The van der Waals surface area contributed by atoms with Crippen LogP contribution in [0.5, 0.6) is 0 Å². The number of benzene rings is 2. The lowest BCUT2D eigenvalue weighted by Gasteiger charge is -2.19. The van der Waals surface area contributed by atoms with Gasteiger partial charge in [0.2, 0.25) is 0 Å². The second-order valence-electron chi connectivity index (χ2n) is 4.99. The van der Waals surface area contributed by atoms with E-state index in [0.29, 0.717) is 28.3 Å². The molecular weight excluding hydrogens is 354 g/mol. The lowest BCUT2D eigenvalue weighted by atomic mass is 9.94. The van der Waals surface area contributed by atoms with Gasteiger partial charge < -0.3 is 10.4 Å². The summed E-state index contributed by atoms with van der Waals surface area (Å²) in [5.74, 6) is -0.0906. The van der Waals surface area contributed by atoms with Gasteiger partial charge in [0.1, 0.15) is 6.10 Å². The first-order valence-corrected chi connectivity index (χ1v) is 7.77. The van der Waals surface area contributed by atoms with Crippen LogP contribution in [0.2, 0.25) is 5.02 Å². The molecule has 0 bridgehead atoms. The van der Waals surface area contributed by atoms with Crippen molar-refractivity contribution in [2.24, 2.45) is 0 Å². The number of hydrogen-bond acceptors (Lipinski definition) is 2. The maximum Gasteiger partial charge on any atom is 0.251 e. The molecule has 0 radical (unpaired) electrons. The number of hydrogen-bond donors (Lipinski definition) is 2. The summed E-state index contributed by atoms with van der Waals surface area (Å²) in [5, 5.41) is 13.8. The van der Waals surface area contributed by atoms with Crippen molar-refractivity contribution in [3.63, 3.8) is 0 Å². The molecule has 2 N–H and O–H groups in total. The lowest BCUT2D eigenvalue weighted by molar-refractivity contribution is 0.0945. The average molecular weight is 367 g/mol. The predicted molar refractivity (Wildman–Crippen MR) is 85.7 cm³/mol. The van der Waals surface area contributed by atoms with Crippen molar-refractivity contribution in [1.82, 2.24) is 5.32 Å². The van der Waals surface area contributed by atoms with Gasteiger partial charge >= 0.3 is 0 Å². The molecule has 1 aliphatic heterocycles. The molecule has 1 unspecified atom stereocenters. The van der Waals surface area contributed by atoms with Crippen LogP contribution in [0.25, 0.3) is 0 Å². The van der Waals surface area contributed by atoms with E-state index in [-0.39, 0.29) is 5.91 Å². The van der Waals surface area contributed by atoms with Gasteiger partial charge in [0.25, 0.3) is 5.91 Å². The van der Waals surface area contributed by atoms with Crippen molar-refractivity contribution >= 4 is 33.4 Å². The molecule has 5 heteroatoms. The van der Waals surface area contributed by atoms with Crippen LogP contribution in [-0.2, 0) is 6.42 Å². The molecule has 2 aromatic carbocycles. The second-order valence-corrected chi connectivity index (χ2v) is 6.31. The molecule has 0 fully saturated rings. The quantitative estimate of drug-likeness (QED) is 0.855. The van der Waals surface area contributed by atoms with Gasteiger partial charge in [-0.3, -0.25) is 4.79 Å². The summed E-state index contributed by atoms with van der Waals surface area (Å²) in [6.07, 6.45) is -0.0399. The van der Waals surface area contributed by atoms with Crippen molar-refractivity contribution in [3.05, 3.63) is 68.1 Å². The highest BCUT2D eigenvalue weighted by Crippen LogP contribution is 2.31. The Morgan fingerprint density at radius 1 is 1.24 bits per heavy atom. The topological polar surface area (TPSA) is 49.3 Å². The number of carbonyl (C=O) groups excluding carboxylic acids is 1. The zero-order valence-corrected chi connectivity index (χ0v) is 13.4. The van der Waals surface area contributed by atoms with Crippen molar-refractivity contribution in [1.29, 1.82) is 0 Å². The van der Waals surface area contributed by atoms with Crippen LogP contribution in [-0.4, -0.2) is 17.6 Å². The summed E-state index contributed by atoms with van der Waals surface area (Å²) in [6.45, 7) is 0.659. The Morgan fingerprint density at radius 2 is 2.05 bits per heavy atom. The Labute approximate surface area is 136 Å². The second kappa shape index (κ2) is 5.79. The molecule has 21 heavy (non-hydrogen) atoms. The fourth-order valence-electron chi connectivity index (χ4n) is 2.50. The molecule has 2 aromatic rings. The first-order chi connectivity index (χ1) is 10.1. The monoisotopic (exact) mass is 365 g/mol. The number of halogens is 2. The standard InChI is InChI=1S/C16H13BrClNO2/c17-11-3-4-12(14(18)8-11)15(20)10-2-1-9-5-6-19-16(21)13(9)7-10/h1-4,7-8,15,20H,5-6H2,(H,19,21). The van der Waals surface area contributed by atoms with Crippen molar-refractivity contribution < 1.29 is 9.90 Å². The third kappa shape index (κ3) is 2.84. The van der Waals surface area contributed by atoms with Gasteiger partial charge in [0.05, 0.1) is 0 Å². The predicted octanol–water partition coefficient (Wildman–Crippen LogP) is 3.47. The molecule has 0 spiro atoms. The van der Waals surface area contributed by atoms with E-state index in [1.165, 1.54) is 0 Å². The van der Waals surface area contributed by atoms with Crippen LogP contribution in [0.3, 0.4) is 0 Å². The Hall–Kier alpha value is -1.36. The number of carbonyl (C=O) groups is 1. The van der Waals surface area contributed by atoms with E-state index in [2.05, 4.69) is 21.2 Å². The number of amides is 1. The first-order valence-electron chi connectivity index (χ1n) is 6.60. The zero-order valence-electron chi connectivity index (χ0n) is 11.1. The van der Waals surface area contributed by atoms with Gasteiger partial charge in [0, 0.05) is 27.2 Å². The lowest BCUT2D eigenvalue weighted by Crippen LogP contribution is -2.31. The fraction of sp³-hybridized carbons (Fsp3) is 0.188. The van der Waals surface area contributed by atoms with Crippen molar-refractivity contribution in [2.75, 3.05) is 6.54 Å². The van der Waals surface area contributed by atoms with Crippen LogP contribution >= 0.6 is 27.5 Å². The van der Waals surface area contributed by atoms with Crippen molar-refractivity contribution in [2.45, 2.75) is 12.5 Å². The van der Waals surface area contributed by atoms with E-state index in [1.807, 2.05) is 18.2 Å². The minimum atomic E-state index is -0.856. The fourth-order valence-corrected chi connectivity index (χ4v) is 3.28. The molecule has 0 saturated heterocycles. The van der Waals surface area contributed by atoms with E-state index < -0.39 is 6.10 Å². The Bertz CT molecular complexity index is 717. The molecule has 3 nitrogen and oxygen atoms in total. The molecule has 108 valence electrons. The minimum absolute atomic E-state index is 0.0906. The van der Waals surface area contributed by atoms with E-state index in [0.717, 1.165) is 16.5 Å². The molecular formula is C16H13BrClNO2. The van der Waals surface area contributed by atoms with E-state index in [1.54, 1.807) is 18.2 Å². The maximum absolute atomic E-state index is 11.9. The Morgan fingerprint density at radius 3 is 2.81 bits per heavy atom. The normalized spacial score (nSPS) is 15.3. The highest BCUT2D eigenvalue weighted by molar-refractivity contribution is 9.10. The number of aliphatic hydroxyl groups excluding tert-OH is 1. The first kappa shape index (κ1) is 14.6. The van der Waals surface area contributed by atoms with Crippen LogP contribution in [0, 0.1) is 0 Å². The SMILES string of the molecule is O=C1NCCc2ccc(C(O)c3ccc(Br)cc3Cl)cc21. The molecule has 3 rings (SSSR count). The average Bonchev–Trinajstić information content (AvgIpc) is 2.47. The van der Waals surface area contributed by atoms with Crippen LogP contribution in [0.15, 0.2) is 40.9 Å². The smallest absolute Gasteiger partial charge is 0.251 e. The zero-order chi connectivity index (χ0) is 15.0. The van der Waals surface area contributed by atoms with Gasteiger partial charge in [-0.25, -0.2) is 0 Å². The molecule has 1 atom stereocenters. The molecule has 0 saturated carbocycles. The van der Waals surface area contributed by atoms with Crippen molar-refractivity contribution in [3.8, 4) is 0 Å². The van der Waals surface area contributed by atoms with E-state index in [4.69, 9.17) is 11.6 Å². The summed E-state index contributed by atoms with van der Waals surface area (Å²) in [5.41, 5.74) is 2.92. The van der Waals surface area contributed by atoms with Crippen LogP contribution in [0.1, 0.15) is 33.2 Å². The van der Waals surface area contributed by atoms with Gasteiger partial charge in [0.15, 0.2) is 0 Å². The summed E-state index contributed by atoms with van der Waals surface area (Å²) in [7, 11) is 0. The van der Waals surface area contributed by atoms with Gasteiger partial charge in [-0.05, 0) is 35.7 Å². The van der Waals surface area contributed by atoms with Gasteiger partial charge in [-0.1, -0.05) is 45.7 Å². The summed E-state index contributed by atoms with van der Waals surface area (Å²) < 4.78 is 0.855. The van der Waals surface area contributed by atoms with Gasteiger partial charge in [-0.2, -0.15) is 0 Å². The summed E-state index contributed by atoms with van der Waals surface area (Å²) >= 11 is 9.52. The van der Waals surface area contributed by atoms with Gasteiger partial charge in [-0.15, -0.1) is 0 Å². The number of rotatable bonds is 2. The highest BCUT2D eigenvalue weighted by Gasteiger charge is 2.20. The largest absolute Gasteiger partial charge is 0.384 e.